The van der Waals surface area contributed by atoms with Crippen LogP contribution in [0.2, 0.25) is 0 Å². The molecule has 4 nitrogen and oxygen atoms in total. The van der Waals surface area contributed by atoms with Crippen LogP contribution in [0.1, 0.15) is 53.9 Å². The van der Waals surface area contributed by atoms with E-state index in [9.17, 15) is 4.79 Å². The summed E-state index contributed by atoms with van der Waals surface area (Å²) in [6.07, 6.45) is 3.25. The highest BCUT2D eigenvalue weighted by Gasteiger charge is 2.41. The Bertz CT molecular complexity index is 317. The number of hydrogen-bond donors (Lipinski definition) is 1. The molecule has 0 aliphatic carbocycles. The van der Waals surface area contributed by atoms with Gasteiger partial charge in [0.15, 0.2) is 0 Å². The second-order valence-electron chi connectivity index (χ2n) is 6.52. The van der Waals surface area contributed by atoms with Gasteiger partial charge in [0.2, 0.25) is 0 Å². The zero-order chi connectivity index (χ0) is 14.7. The van der Waals surface area contributed by atoms with Crippen LogP contribution in [0.25, 0.3) is 0 Å². The van der Waals surface area contributed by atoms with Crippen molar-refractivity contribution in [2.75, 3.05) is 20.2 Å². The van der Waals surface area contributed by atoms with E-state index in [-0.39, 0.29) is 11.5 Å². The highest BCUT2D eigenvalue weighted by atomic mass is 16.5. The maximum absolute atomic E-state index is 12.0. The van der Waals surface area contributed by atoms with Crippen LogP contribution in [0, 0.1) is 0 Å². The van der Waals surface area contributed by atoms with Gasteiger partial charge in [-0.15, -0.1) is 0 Å². The first-order chi connectivity index (χ1) is 8.77. The predicted molar refractivity (Wildman–Crippen MR) is 78.2 cm³/mol. The van der Waals surface area contributed by atoms with Gasteiger partial charge in [-0.3, -0.25) is 9.69 Å². The van der Waals surface area contributed by atoms with Gasteiger partial charge in [0.1, 0.15) is 5.54 Å². The van der Waals surface area contributed by atoms with Crippen LogP contribution in [0.3, 0.4) is 0 Å². The molecule has 0 saturated carbocycles. The lowest BCUT2D eigenvalue weighted by Crippen LogP contribution is -2.55. The van der Waals surface area contributed by atoms with Gasteiger partial charge in [0.05, 0.1) is 7.11 Å². The van der Waals surface area contributed by atoms with Crippen LogP contribution in [0.4, 0.5) is 0 Å². The van der Waals surface area contributed by atoms with Crippen molar-refractivity contribution in [3.05, 3.63) is 0 Å². The van der Waals surface area contributed by atoms with E-state index in [2.05, 4.69) is 31.0 Å². The number of rotatable bonds is 6. The molecule has 2 unspecified atom stereocenters. The number of methoxy groups -OCH3 is 1. The molecular formula is C15H30N2O2. The Morgan fingerprint density at radius 3 is 2.58 bits per heavy atom. The van der Waals surface area contributed by atoms with Crippen molar-refractivity contribution in [1.82, 2.24) is 10.2 Å². The Hall–Kier alpha value is -0.610. The lowest BCUT2D eigenvalue weighted by Gasteiger charge is -2.40. The minimum Gasteiger partial charge on any atom is -0.468 e. The average molecular weight is 270 g/mol. The fourth-order valence-corrected chi connectivity index (χ4v) is 3.49. The Morgan fingerprint density at radius 1 is 1.53 bits per heavy atom. The average Bonchev–Trinajstić information content (AvgIpc) is 2.68. The number of carbonyl (C=O) groups is 1. The summed E-state index contributed by atoms with van der Waals surface area (Å²) in [6.45, 7) is 12.6. The minimum atomic E-state index is -0.596. The fourth-order valence-electron chi connectivity index (χ4n) is 3.49. The molecule has 1 N–H and O–H groups in total. The number of ether oxygens (including phenoxy) is 1. The summed E-state index contributed by atoms with van der Waals surface area (Å²) in [5, 5.41) is 3.29. The van der Waals surface area contributed by atoms with Crippen LogP contribution in [-0.2, 0) is 9.53 Å². The summed E-state index contributed by atoms with van der Waals surface area (Å²) in [6, 6.07) is 0.362. The highest BCUT2D eigenvalue weighted by molar-refractivity contribution is 5.80. The predicted octanol–water partition coefficient (Wildman–Crippen LogP) is 2.18. The lowest BCUT2D eigenvalue weighted by molar-refractivity contribution is -0.149. The normalized spacial score (nSPS) is 23.9. The van der Waals surface area contributed by atoms with Crippen LogP contribution in [0.15, 0.2) is 0 Å². The van der Waals surface area contributed by atoms with Crippen LogP contribution >= 0.6 is 0 Å². The molecule has 1 heterocycles. The van der Waals surface area contributed by atoms with Gasteiger partial charge >= 0.3 is 5.97 Å². The van der Waals surface area contributed by atoms with E-state index < -0.39 is 5.54 Å². The molecule has 0 amide bonds. The van der Waals surface area contributed by atoms with E-state index in [0.717, 1.165) is 19.5 Å². The van der Waals surface area contributed by atoms with Crippen molar-refractivity contribution in [3.63, 3.8) is 0 Å². The van der Waals surface area contributed by atoms with Crippen molar-refractivity contribution < 1.29 is 9.53 Å². The summed E-state index contributed by atoms with van der Waals surface area (Å²) in [7, 11) is 1.46. The summed E-state index contributed by atoms with van der Waals surface area (Å²) in [5.41, 5.74) is -0.357. The number of esters is 1. The number of nitrogens with zero attached hydrogens (tertiary/aromatic N) is 1. The van der Waals surface area contributed by atoms with Crippen LogP contribution in [0.5, 0.6) is 0 Å². The van der Waals surface area contributed by atoms with Crippen LogP contribution in [-0.4, -0.2) is 48.2 Å². The number of nitrogens with one attached hydrogen (secondary N) is 1. The molecule has 19 heavy (non-hydrogen) atoms. The van der Waals surface area contributed by atoms with E-state index in [1.807, 2.05) is 13.8 Å². The fraction of sp³-hybridized carbons (Fsp3) is 0.933. The van der Waals surface area contributed by atoms with Crippen molar-refractivity contribution >= 4 is 5.97 Å². The SMILES string of the molecule is CCNC(C)(CC(C)N1CCCC1(C)C)C(=O)OC. The molecule has 4 heteroatoms. The van der Waals surface area contributed by atoms with E-state index in [4.69, 9.17) is 4.74 Å². The van der Waals surface area contributed by atoms with Gasteiger partial charge in [0, 0.05) is 11.6 Å². The molecule has 0 aromatic heterocycles. The third-order valence-corrected chi connectivity index (χ3v) is 4.40. The molecule has 112 valence electrons. The Kier molecular flexibility index (Phi) is 5.39. The molecule has 0 bridgehead atoms. The lowest BCUT2D eigenvalue weighted by atomic mass is 9.91. The van der Waals surface area contributed by atoms with Crippen molar-refractivity contribution in [2.24, 2.45) is 0 Å². The van der Waals surface area contributed by atoms with Gasteiger partial charge < -0.3 is 10.1 Å². The number of hydrogen-bond acceptors (Lipinski definition) is 4. The monoisotopic (exact) mass is 270 g/mol. The standard InChI is InChI=1S/C15H30N2O2/c1-7-16-15(5,13(18)19-6)11-12(2)17-10-8-9-14(17,3)4/h12,16H,7-11H2,1-6H3. The Labute approximate surface area is 117 Å². The highest BCUT2D eigenvalue weighted by Crippen LogP contribution is 2.32. The number of likely N-dealkylation sites (tertiary alicyclic amines) is 1. The number of carbonyl (C=O) groups excluding carboxylic acids is 1. The van der Waals surface area contributed by atoms with Crippen molar-refractivity contribution in [3.8, 4) is 0 Å². The molecule has 1 aliphatic heterocycles. The zero-order valence-corrected chi connectivity index (χ0v) is 13.4. The molecule has 1 rings (SSSR count). The quantitative estimate of drug-likeness (QED) is 0.751. The van der Waals surface area contributed by atoms with Gasteiger partial charge in [-0.25, -0.2) is 0 Å². The second kappa shape index (κ2) is 6.23. The summed E-state index contributed by atoms with van der Waals surface area (Å²) in [5.74, 6) is -0.168. The third-order valence-electron chi connectivity index (χ3n) is 4.40. The number of likely N-dealkylation sites (N-methyl/N-ethyl adjacent to an activating group) is 1. The van der Waals surface area contributed by atoms with E-state index in [1.165, 1.54) is 20.0 Å². The smallest absolute Gasteiger partial charge is 0.325 e. The summed E-state index contributed by atoms with van der Waals surface area (Å²) >= 11 is 0. The molecule has 1 aliphatic rings. The molecule has 0 aromatic carbocycles. The molecule has 1 saturated heterocycles. The zero-order valence-electron chi connectivity index (χ0n) is 13.4. The molecule has 0 radical (unpaired) electrons. The Balaban J connectivity index is 2.76. The van der Waals surface area contributed by atoms with E-state index in [0.29, 0.717) is 6.04 Å². The molecule has 0 spiro atoms. The first-order valence-electron chi connectivity index (χ1n) is 7.37. The molecule has 0 aromatic rings. The maximum Gasteiger partial charge on any atom is 0.325 e. The van der Waals surface area contributed by atoms with Crippen LogP contribution < -0.4 is 5.32 Å². The summed E-state index contributed by atoms with van der Waals surface area (Å²) in [4.78, 5) is 14.6. The Morgan fingerprint density at radius 2 is 2.16 bits per heavy atom. The molecule has 2 atom stereocenters. The maximum atomic E-state index is 12.0. The third kappa shape index (κ3) is 3.69. The second-order valence-corrected chi connectivity index (χ2v) is 6.52. The van der Waals surface area contributed by atoms with Gasteiger partial charge in [-0.1, -0.05) is 6.92 Å². The first kappa shape index (κ1) is 16.4. The first-order valence-corrected chi connectivity index (χ1v) is 7.37. The van der Waals surface area contributed by atoms with Gasteiger partial charge in [-0.2, -0.15) is 0 Å². The van der Waals surface area contributed by atoms with Gasteiger partial charge in [0.25, 0.3) is 0 Å². The largest absolute Gasteiger partial charge is 0.468 e. The topological polar surface area (TPSA) is 41.6 Å². The molecular weight excluding hydrogens is 240 g/mol. The van der Waals surface area contributed by atoms with E-state index in [1.54, 1.807) is 0 Å². The minimum absolute atomic E-state index is 0.168. The summed E-state index contributed by atoms with van der Waals surface area (Å²) < 4.78 is 4.96. The van der Waals surface area contributed by atoms with Gasteiger partial charge in [-0.05, 0) is 60.0 Å². The van der Waals surface area contributed by atoms with E-state index >= 15 is 0 Å². The van der Waals surface area contributed by atoms with Crippen molar-refractivity contribution in [2.45, 2.75) is 71.0 Å². The molecule has 1 fully saturated rings. The van der Waals surface area contributed by atoms with Crippen molar-refractivity contribution in [1.29, 1.82) is 0 Å².